The van der Waals surface area contributed by atoms with Gasteiger partial charge in [-0.3, -0.25) is 4.90 Å². The summed E-state index contributed by atoms with van der Waals surface area (Å²) in [6.07, 6.45) is 2.34. The Morgan fingerprint density at radius 1 is 1.42 bits per heavy atom. The number of hydrogen-bond donors (Lipinski definition) is 2. The van der Waals surface area contributed by atoms with Crippen LogP contribution in [0.3, 0.4) is 0 Å². The Balaban J connectivity index is 2.10. The van der Waals surface area contributed by atoms with Crippen LogP contribution in [-0.2, 0) is 9.53 Å². The van der Waals surface area contributed by atoms with Gasteiger partial charge in [-0.25, -0.2) is 19.7 Å². The average Bonchev–Trinajstić information content (AvgIpc) is 2.61. The smallest absolute Gasteiger partial charge is 0.332 e. The Morgan fingerprint density at radius 3 is 2.67 bits per heavy atom. The molecule has 1 aliphatic rings. The van der Waals surface area contributed by atoms with E-state index >= 15 is 0 Å². The van der Waals surface area contributed by atoms with Gasteiger partial charge in [0.1, 0.15) is 0 Å². The van der Waals surface area contributed by atoms with Crippen molar-refractivity contribution in [3.05, 3.63) is 30.6 Å². The largest absolute Gasteiger partial charge is 0.479 e. The molecule has 1 saturated heterocycles. The van der Waals surface area contributed by atoms with Crippen LogP contribution in [0, 0.1) is 0 Å². The lowest BCUT2D eigenvalue weighted by atomic mass is 10.1. The lowest BCUT2D eigenvalue weighted by Gasteiger charge is -2.35. The van der Waals surface area contributed by atoms with Crippen LogP contribution in [0.15, 0.2) is 13.2 Å². The third-order valence-corrected chi connectivity index (χ3v) is 3.80. The van der Waals surface area contributed by atoms with Gasteiger partial charge in [-0.05, 0) is 19.1 Å². The maximum atomic E-state index is 10.8. The first-order valence-electron chi connectivity index (χ1n) is 7.85. The van der Waals surface area contributed by atoms with Gasteiger partial charge in [0.05, 0.1) is 12.6 Å². The van der Waals surface area contributed by atoms with E-state index in [1.54, 1.807) is 12.2 Å². The van der Waals surface area contributed by atoms with Crippen molar-refractivity contribution in [2.75, 3.05) is 32.8 Å². The predicted molar refractivity (Wildman–Crippen MR) is 90.2 cm³/mol. The number of carboxylic acids is 1. The van der Waals surface area contributed by atoms with Crippen LogP contribution < -0.4 is 5.32 Å². The highest BCUT2D eigenvalue weighted by Gasteiger charge is 2.27. The van der Waals surface area contributed by atoms with E-state index in [9.17, 15) is 4.79 Å². The summed E-state index contributed by atoms with van der Waals surface area (Å²) >= 11 is 0. The minimum Gasteiger partial charge on any atom is -0.479 e. The summed E-state index contributed by atoms with van der Waals surface area (Å²) in [4.78, 5) is 26.1. The van der Waals surface area contributed by atoms with E-state index in [2.05, 4.69) is 38.3 Å². The third-order valence-electron chi connectivity index (χ3n) is 3.80. The Morgan fingerprint density at radius 2 is 2.08 bits per heavy atom. The van der Waals surface area contributed by atoms with Gasteiger partial charge in [0.2, 0.25) is 0 Å². The maximum Gasteiger partial charge on any atom is 0.332 e. The van der Waals surface area contributed by atoms with Gasteiger partial charge in [-0.2, -0.15) is 0 Å². The number of nitrogens with zero attached hydrogens (tertiary/aromatic N) is 4. The van der Waals surface area contributed by atoms with E-state index < -0.39 is 12.1 Å². The van der Waals surface area contributed by atoms with Gasteiger partial charge >= 0.3 is 5.97 Å². The Kier molecular flexibility index (Phi) is 6.53. The van der Waals surface area contributed by atoms with Crippen molar-refractivity contribution in [1.29, 1.82) is 0 Å². The fourth-order valence-electron chi connectivity index (χ4n) is 2.45. The number of carboxylic acid groups (broad SMARTS) is 1. The standard InChI is InChI=1S/C16H23N5O3/c1-4-13-18-14(5-2)20-15(19-13)12-10-17-6-7-21(12)8-9-24-11(3)16(22)23/h4-5,11-12,17H,1-2,6-10H2,3H3,(H,22,23). The number of aromatic nitrogens is 3. The van der Waals surface area contributed by atoms with Crippen molar-refractivity contribution in [2.24, 2.45) is 0 Å². The molecule has 0 aliphatic carbocycles. The number of ether oxygens (including phenoxy) is 1. The molecule has 2 heterocycles. The maximum absolute atomic E-state index is 10.8. The summed E-state index contributed by atoms with van der Waals surface area (Å²) in [7, 11) is 0. The fourth-order valence-corrected chi connectivity index (χ4v) is 2.45. The molecular weight excluding hydrogens is 310 g/mol. The van der Waals surface area contributed by atoms with Crippen molar-refractivity contribution < 1.29 is 14.6 Å². The highest BCUT2D eigenvalue weighted by molar-refractivity contribution is 5.71. The van der Waals surface area contributed by atoms with Gasteiger partial charge in [0.15, 0.2) is 23.6 Å². The highest BCUT2D eigenvalue weighted by Crippen LogP contribution is 2.19. The number of rotatable bonds is 8. The molecular formula is C16H23N5O3. The molecule has 1 aromatic rings. The molecule has 1 aliphatic heterocycles. The molecule has 24 heavy (non-hydrogen) atoms. The lowest BCUT2D eigenvalue weighted by molar-refractivity contribution is -0.149. The van der Waals surface area contributed by atoms with Gasteiger partial charge in [-0.1, -0.05) is 13.2 Å². The van der Waals surface area contributed by atoms with E-state index in [0.717, 1.165) is 13.1 Å². The Bertz CT molecular complexity index is 581. The molecule has 0 bridgehead atoms. The number of hydrogen-bond acceptors (Lipinski definition) is 7. The van der Waals surface area contributed by atoms with Crippen molar-refractivity contribution in [1.82, 2.24) is 25.2 Å². The summed E-state index contributed by atoms with van der Waals surface area (Å²) < 4.78 is 5.33. The molecule has 130 valence electrons. The number of aliphatic carboxylic acids is 1. The Labute approximate surface area is 141 Å². The minimum absolute atomic E-state index is 0.0390. The van der Waals surface area contributed by atoms with Crippen molar-refractivity contribution in [3.8, 4) is 0 Å². The van der Waals surface area contributed by atoms with Gasteiger partial charge in [0.25, 0.3) is 0 Å². The van der Waals surface area contributed by atoms with Crippen molar-refractivity contribution >= 4 is 18.1 Å². The molecule has 1 fully saturated rings. The molecule has 2 unspecified atom stereocenters. The molecule has 8 heteroatoms. The number of piperazine rings is 1. The summed E-state index contributed by atoms with van der Waals surface area (Å²) in [6.45, 7) is 12.2. The molecule has 2 N–H and O–H groups in total. The lowest BCUT2D eigenvalue weighted by Crippen LogP contribution is -2.48. The van der Waals surface area contributed by atoms with Crippen LogP contribution in [0.2, 0.25) is 0 Å². The second-order valence-corrected chi connectivity index (χ2v) is 5.43. The topological polar surface area (TPSA) is 100 Å². The van der Waals surface area contributed by atoms with Gasteiger partial charge in [-0.15, -0.1) is 0 Å². The zero-order chi connectivity index (χ0) is 17.5. The summed E-state index contributed by atoms with van der Waals surface area (Å²) in [6, 6.07) is -0.0390. The highest BCUT2D eigenvalue weighted by atomic mass is 16.5. The minimum atomic E-state index is -0.962. The first-order valence-corrected chi connectivity index (χ1v) is 7.85. The first-order chi connectivity index (χ1) is 11.5. The number of nitrogens with one attached hydrogen (secondary N) is 1. The quantitative estimate of drug-likeness (QED) is 0.713. The zero-order valence-corrected chi connectivity index (χ0v) is 13.8. The molecule has 0 amide bonds. The predicted octanol–water partition coefficient (Wildman–Crippen LogP) is 0.594. The van der Waals surface area contributed by atoms with E-state index in [-0.39, 0.29) is 6.04 Å². The van der Waals surface area contributed by atoms with Crippen LogP contribution in [0.25, 0.3) is 12.2 Å². The molecule has 8 nitrogen and oxygen atoms in total. The summed E-state index contributed by atoms with van der Waals surface area (Å²) in [5.41, 5.74) is 0. The Hall–Kier alpha value is -2.16. The van der Waals surface area contributed by atoms with E-state index in [4.69, 9.17) is 9.84 Å². The van der Waals surface area contributed by atoms with Crippen LogP contribution in [0.1, 0.15) is 30.4 Å². The molecule has 2 atom stereocenters. The molecule has 0 radical (unpaired) electrons. The molecule has 0 saturated carbocycles. The molecule has 0 aromatic carbocycles. The first kappa shape index (κ1) is 18.2. The second-order valence-electron chi connectivity index (χ2n) is 5.43. The van der Waals surface area contributed by atoms with Crippen LogP contribution in [0.4, 0.5) is 0 Å². The third kappa shape index (κ3) is 4.67. The van der Waals surface area contributed by atoms with E-state index in [0.29, 0.717) is 37.2 Å². The second kappa shape index (κ2) is 8.62. The van der Waals surface area contributed by atoms with Crippen molar-refractivity contribution in [3.63, 3.8) is 0 Å². The van der Waals surface area contributed by atoms with E-state index in [1.807, 2.05) is 0 Å². The van der Waals surface area contributed by atoms with Crippen LogP contribution in [0.5, 0.6) is 0 Å². The SMILES string of the molecule is C=Cc1nc(C=C)nc(C2CNCCN2CCOC(C)C(=O)O)n1. The zero-order valence-electron chi connectivity index (χ0n) is 13.8. The fraction of sp³-hybridized carbons (Fsp3) is 0.500. The van der Waals surface area contributed by atoms with Crippen LogP contribution in [-0.4, -0.2) is 69.8 Å². The number of carbonyl (C=O) groups is 1. The average molecular weight is 333 g/mol. The van der Waals surface area contributed by atoms with Crippen molar-refractivity contribution in [2.45, 2.75) is 19.1 Å². The van der Waals surface area contributed by atoms with E-state index in [1.165, 1.54) is 6.92 Å². The molecule has 2 rings (SSSR count). The summed E-state index contributed by atoms with van der Waals surface area (Å²) in [5, 5.41) is 12.2. The normalized spacial score (nSPS) is 19.6. The molecule has 1 aromatic heterocycles. The summed E-state index contributed by atoms with van der Waals surface area (Å²) in [5.74, 6) is 0.705. The van der Waals surface area contributed by atoms with Gasteiger partial charge in [0, 0.05) is 26.2 Å². The van der Waals surface area contributed by atoms with Crippen LogP contribution >= 0.6 is 0 Å². The monoisotopic (exact) mass is 333 g/mol. The molecule has 0 spiro atoms. The van der Waals surface area contributed by atoms with Gasteiger partial charge < -0.3 is 15.2 Å².